The zero-order chi connectivity index (χ0) is 13.1. The van der Waals surface area contributed by atoms with Gasteiger partial charge < -0.3 is 5.32 Å². The quantitative estimate of drug-likeness (QED) is 0.826. The van der Waals surface area contributed by atoms with Gasteiger partial charge in [-0.1, -0.05) is 19.3 Å². The molecule has 2 nitrogen and oxygen atoms in total. The van der Waals surface area contributed by atoms with Crippen LogP contribution in [-0.4, -0.2) is 11.9 Å². The Hall–Kier alpha value is -0.970. The van der Waals surface area contributed by atoms with Gasteiger partial charge >= 0.3 is 0 Å². The van der Waals surface area contributed by atoms with Gasteiger partial charge in [-0.15, -0.1) is 0 Å². The highest BCUT2D eigenvalue weighted by molar-refractivity contribution is 9.10. The number of rotatable bonds is 2. The predicted octanol–water partition coefficient (Wildman–Crippen LogP) is 3.79. The van der Waals surface area contributed by atoms with Gasteiger partial charge in [0.2, 0.25) is 0 Å². The van der Waals surface area contributed by atoms with Gasteiger partial charge in [-0.25, -0.2) is 8.78 Å². The third-order valence-electron chi connectivity index (χ3n) is 3.19. The lowest BCUT2D eigenvalue weighted by Gasteiger charge is -2.22. The summed E-state index contributed by atoms with van der Waals surface area (Å²) in [6, 6.07) is 2.01. The van der Waals surface area contributed by atoms with Crippen LogP contribution in [0, 0.1) is 11.6 Å². The van der Waals surface area contributed by atoms with Gasteiger partial charge in [-0.2, -0.15) is 0 Å². The molecule has 0 saturated heterocycles. The first-order valence-electron chi connectivity index (χ1n) is 6.03. The third-order valence-corrected chi connectivity index (χ3v) is 3.80. The topological polar surface area (TPSA) is 29.1 Å². The van der Waals surface area contributed by atoms with E-state index in [1.54, 1.807) is 0 Å². The zero-order valence-corrected chi connectivity index (χ0v) is 11.4. The van der Waals surface area contributed by atoms with E-state index in [1.807, 2.05) is 0 Å². The summed E-state index contributed by atoms with van der Waals surface area (Å²) in [7, 11) is 0. The van der Waals surface area contributed by atoms with Crippen molar-refractivity contribution in [1.82, 2.24) is 5.32 Å². The normalized spacial score (nSPS) is 16.6. The van der Waals surface area contributed by atoms with Crippen LogP contribution in [0.25, 0.3) is 0 Å². The fourth-order valence-corrected chi connectivity index (χ4v) is 2.55. The average Bonchev–Trinajstić information content (AvgIpc) is 2.35. The van der Waals surface area contributed by atoms with Crippen LogP contribution in [-0.2, 0) is 0 Å². The lowest BCUT2D eigenvalue weighted by molar-refractivity contribution is 0.0923. The van der Waals surface area contributed by atoms with Gasteiger partial charge in [0.1, 0.15) is 11.6 Å². The SMILES string of the molecule is O=C(NC1CCCCC1)c1cc(Br)c(F)cc1F. The van der Waals surface area contributed by atoms with Crippen LogP contribution >= 0.6 is 15.9 Å². The van der Waals surface area contributed by atoms with Gasteiger partial charge in [0.25, 0.3) is 5.91 Å². The van der Waals surface area contributed by atoms with Crippen LogP contribution in [0.3, 0.4) is 0 Å². The van der Waals surface area contributed by atoms with Crippen molar-refractivity contribution in [2.45, 2.75) is 38.1 Å². The molecule has 18 heavy (non-hydrogen) atoms. The molecule has 2 rings (SSSR count). The number of hydrogen-bond donors (Lipinski definition) is 1. The van der Waals surface area contributed by atoms with Crippen LogP contribution in [0.4, 0.5) is 8.78 Å². The number of nitrogens with one attached hydrogen (secondary N) is 1. The fraction of sp³-hybridized carbons (Fsp3) is 0.462. The monoisotopic (exact) mass is 317 g/mol. The molecule has 1 aliphatic rings. The van der Waals surface area contributed by atoms with Crippen LogP contribution in [0.1, 0.15) is 42.5 Å². The number of amides is 1. The van der Waals surface area contributed by atoms with E-state index in [0.29, 0.717) is 0 Å². The lowest BCUT2D eigenvalue weighted by atomic mass is 9.95. The predicted molar refractivity (Wildman–Crippen MR) is 68.4 cm³/mol. The first-order valence-corrected chi connectivity index (χ1v) is 6.82. The van der Waals surface area contributed by atoms with Crippen LogP contribution in [0.15, 0.2) is 16.6 Å². The van der Waals surface area contributed by atoms with Gasteiger partial charge in [0.15, 0.2) is 0 Å². The molecule has 1 N–H and O–H groups in total. The van der Waals surface area contributed by atoms with Gasteiger partial charge in [-0.3, -0.25) is 4.79 Å². The molecule has 0 radical (unpaired) electrons. The molecule has 1 saturated carbocycles. The Morgan fingerprint density at radius 1 is 1.17 bits per heavy atom. The number of halogens is 3. The summed E-state index contributed by atoms with van der Waals surface area (Å²) in [4.78, 5) is 11.9. The first kappa shape index (κ1) is 13.5. The maximum atomic E-state index is 13.5. The Kier molecular flexibility index (Phi) is 4.32. The summed E-state index contributed by atoms with van der Waals surface area (Å²) in [6.45, 7) is 0. The molecule has 0 aliphatic heterocycles. The van der Waals surface area contributed by atoms with E-state index in [4.69, 9.17) is 0 Å². The van der Waals surface area contributed by atoms with Gasteiger partial charge in [0.05, 0.1) is 10.0 Å². The Balaban J connectivity index is 2.10. The van der Waals surface area contributed by atoms with Crippen LogP contribution in [0.5, 0.6) is 0 Å². The highest BCUT2D eigenvalue weighted by Gasteiger charge is 2.20. The third kappa shape index (κ3) is 3.07. The minimum absolute atomic E-state index is 0.0951. The standard InChI is InChI=1S/C13H14BrF2NO/c14-10-6-9(11(15)7-12(10)16)13(18)17-8-4-2-1-3-5-8/h6-8H,1-5H2,(H,17,18). The van der Waals surface area contributed by atoms with Crippen molar-refractivity contribution < 1.29 is 13.6 Å². The number of benzene rings is 1. The highest BCUT2D eigenvalue weighted by atomic mass is 79.9. The van der Waals surface area contributed by atoms with Crippen LogP contribution in [0.2, 0.25) is 0 Å². The Morgan fingerprint density at radius 2 is 1.83 bits per heavy atom. The number of carbonyl (C=O) groups excluding carboxylic acids is 1. The molecule has 0 unspecified atom stereocenters. The van der Waals surface area contributed by atoms with E-state index >= 15 is 0 Å². The van der Waals surface area contributed by atoms with Crippen molar-refractivity contribution in [2.75, 3.05) is 0 Å². The van der Waals surface area contributed by atoms with Crippen molar-refractivity contribution in [3.8, 4) is 0 Å². The maximum absolute atomic E-state index is 13.5. The summed E-state index contributed by atoms with van der Waals surface area (Å²) < 4.78 is 26.7. The van der Waals surface area contributed by atoms with Gasteiger partial charge in [0, 0.05) is 12.1 Å². The molecule has 0 heterocycles. The lowest BCUT2D eigenvalue weighted by Crippen LogP contribution is -2.36. The second-order valence-electron chi connectivity index (χ2n) is 4.55. The molecule has 1 amide bonds. The molecule has 0 bridgehead atoms. The first-order chi connectivity index (χ1) is 8.58. The van der Waals surface area contributed by atoms with Crippen molar-refractivity contribution in [1.29, 1.82) is 0 Å². The van der Waals surface area contributed by atoms with E-state index in [-0.39, 0.29) is 16.1 Å². The molecule has 0 aromatic heterocycles. The summed E-state index contributed by atoms with van der Waals surface area (Å²) >= 11 is 2.95. The van der Waals surface area contributed by atoms with E-state index in [2.05, 4.69) is 21.2 Å². The highest BCUT2D eigenvalue weighted by Crippen LogP contribution is 2.21. The summed E-state index contributed by atoms with van der Waals surface area (Å²) in [5, 5.41) is 2.80. The second-order valence-corrected chi connectivity index (χ2v) is 5.41. The molecule has 5 heteroatoms. The molecule has 0 atom stereocenters. The van der Waals surface area contributed by atoms with Crippen LogP contribution < -0.4 is 5.32 Å². The van der Waals surface area contributed by atoms with E-state index in [1.165, 1.54) is 12.5 Å². The molecule has 1 aromatic rings. The molecule has 0 spiro atoms. The van der Waals surface area contributed by atoms with E-state index in [9.17, 15) is 13.6 Å². The van der Waals surface area contributed by atoms with Crippen molar-refractivity contribution in [3.05, 3.63) is 33.8 Å². The van der Waals surface area contributed by atoms with E-state index < -0.39 is 17.5 Å². The Labute approximate surface area is 113 Å². The maximum Gasteiger partial charge on any atom is 0.254 e. The fourth-order valence-electron chi connectivity index (χ4n) is 2.21. The van der Waals surface area contributed by atoms with Gasteiger partial charge in [-0.05, 0) is 34.8 Å². The average molecular weight is 318 g/mol. The molecule has 1 aliphatic carbocycles. The van der Waals surface area contributed by atoms with Crippen molar-refractivity contribution in [3.63, 3.8) is 0 Å². The molecule has 1 aromatic carbocycles. The summed E-state index contributed by atoms with van der Waals surface area (Å²) in [5.41, 5.74) is -0.117. The Morgan fingerprint density at radius 3 is 2.50 bits per heavy atom. The number of carbonyl (C=O) groups is 1. The summed E-state index contributed by atoms with van der Waals surface area (Å²) in [5.74, 6) is -2.01. The smallest absolute Gasteiger partial charge is 0.254 e. The molecule has 98 valence electrons. The number of hydrogen-bond acceptors (Lipinski definition) is 1. The molecular formula is C13H14BrF2NO. The largest absolute Gasteiger partial charge is 0.349 e. The molecular weight excluding hydrogens is 304 g/mol. The van der Waals surface area contributed by atoms with E-state index in [0.717, 1.165) is 31.7 Å². The molecule has 1 fully saturated rings. The minimum atomic E-state index is -0.830. The van der Waals surface area contributed by atoms with Crippen molar-refractivity contribution in [2.24, 2.45) is 0 Å². The van der Waals surface area contributed by atoms with Crippen molar-refractivity contribution >= 4 is 21.8 Å². The zero-order valence-electron chi connectivity index (χ0n) is 9.81. The Bertz CT molecular complexity index is 459. The second kappa shape index (κ2) is 5.78. The summed E-state index contributed by atoms with van der Waals surface area (Å²) in [6.07, 6.45) is 5.20. The minimum Gasteiger partial charge on any atom is -0.349 e.